The van der Waals surface area contributed by atoms with Crippen molar-refractivity contribution in [2.45, 2.75) is 19.0 Å². The number of aryl methyl sites for hydroxylation is 2. The molecule has 0 bridgehead atoms. The summed E-state index contributed by atoms with van der Waals surface area (Å²) in [5, 5.41) is 13.2. The van der Waals surface area contributed by atoms with Crippen LogP contribution in [-0.2, 0) is 4.79 Å². The van der Waals surface area contributed by atoms with E-state index in [4.69, 9.17) is 23.2 Å². The lowest BCUT2D eigenvalue weighted by Gasteiger charge is -2.14. The third kappa shape index (κ3) is 4.96. The van der Waals surface area contributed by atoms with Gasteiger partial charge in [0.1, 0.15) is 5.82 Å². The molecule has 0 spiro atoms. The van der Waals surface area contributed by atoms with Crippen molar-refractivity contribution in [3.8, 4) is 17.1 Å². The van der Waals surface area contributed by atoms with Gasteiger partial charge in [0.15, 0.2) is 11.0 Å². The van der Waals surface area contributed by atoms with E-state index in [9.17, 15) is 4.79 Å². The third-order valence-electron chi connectivity index (χ3n) is 4.68. The quantitative estimate of drug-likeness (QED) is 0.341. The van der Waals surface area contributed by atoms with Crippen molar-refractivity contribution in [1.29, 1.82) is 0 Å². The van der Waals surface area contributed by atoms with Gasteiger partial charge in [-0.3, -0.25) is 9.36 Å². The number of pyridine rings is 1. The number of anilines is 1. The zero-order chi connectivity index (χ0) is 22.7. The first-order valence-electron chi connectivity index (χ1n) is 9.74. The maximum Gasteiger partial charge on any atom is 0.236 e. The van der Waals surface area contributed by atoms with Gasteiger partial charge >= 0.3 is 0 Å². The smallest absolute Gasteiger partial charge is 0.236 e. The van der Waals surface area contributed by atoms with Crippen molar-refractivity contribution >= 4 is 46.7 Å². The molecule has 1 amide bonds. The van der Waals surface area contributed by atoms with Crippen molar-refractivity contribution in [1.82, 2.24) is 19.7 Å². The molecule has 0 aliphatic carbocycles. The van der Waals surface area contributed by atoms with Crippen LogP contribution in [0.1, 0.15) is 11.1 Å². The highest BCUT2D eigenvalue weighted by molar-refractivity contribution is 7.99. The van der Waals surface area contributed by atoms with Crippen LogP contribution in [0, 0.1) is 13.8 Å². The second-order valence-electron chi connectivity index (χ2n) is 7.11. The molecule has 0 saturated heterocycles. The van der Waals surface area contributed by atoms with Crippen LogP contribution in [0.25, 0.3) is 17.1 Å². The monoisotopic (exact) mass is 483 g/mol. The Kier molecular flexibility index (Phi) is 6.79. The summed E-state index contributed by atoms with van der Waals surface area (Å²) in [7, 11) is 0. The molecule has 9 heteroatoms. The third-order valence-corrected chi connectivity index (χ3v) is 6.16. The topological polar surface area (TPSA) is 72.7 Å². The number of carbonyl (C=O) groups is 1. The number of thioether (sulfide) groups is 1. The molecular formula is C23H19Cl2N5OS. The number of nitrogens with zero attached hydrogens (tertiary/aromatic N) is 4. The first-order valence-corrected chi connectivity index (χ1v) is 11.5. The van der Waals surface area contributed by atoms with Crippen LogP contribution >= 0.6 is 35.0 Å². The molecule has 2 heterocycles. The normalized spacial score (nSPS) is 10.9. The lowest BCUT2D eigenvalue weighted by atomic mass is 10.1. The zero-order valence-electron chi connectivity index (χ0n) is 17.3. The molecule has 4 aromatic rings. The predicted molar refractivity (Wildman–Crippen MR) is 130 cm³/mol. The number of amides is 1. The van der Waals surface area contributed by atoms with Gasteiger partial charge in [-0.25, -0.2) is 4.98 Å². The first kappa shape index (κ1) is 22.3. The van der Waals surface area contributed by atoms with Gasteiger partial charge in [-0.1, -0.05) is 59.2 Å². The number of rotatable bonds is 6. The van der Waals surface area contributed by atoms with Gasteiger partial charge in [0.25, 0.3) is 0 Å². The fraction of sp³-hybridized carbons (Fsp3) is 0.130. The van der Waals surface area contributed by atoms with Crippen molar-refractivity contribution < 1.29 is 4.79 Å². The number of hydrogen-bond donors (Lipinski definition) is 1. The summed E-state index contributed by atoms with van der Waals surface area (Å²) < 4.78 is 1.95. The highest BCUT2D eigenvalue weighted by Crippen LogP contribution is 2.33. The number of nitrogens with one attached hydrogen (secondary N) is 1. The van der Waals surface area contributed by atoms with Crippen LogP contribution < -0.4 is 5.32 Å². The molecule has 0 unspecified atom stereocenters. The summed E-state index contributed by atoms with van der Waals surface area (Å²) in [5.41, 5.74) is 3.86. The molecule has 0 radical (unpaired) electrons. The molecule has 32 heavy (non-hydrogen) atoms. The Balaban J connectivity index is 1.66. The standard InChI is InChI=1S/C23H19Cl2N5OS/c1-14-7-8-15(2)19(11-14)30-22(17-5-3-4-6-18(17)25)28-29-23(30)32-13-21(31)27-20-10-9-16(24)12-26-20/h3-12H,13H2,1-2H3,(H,26,27,31). The van der Waals surface area contributed by atoms with E-state index in [1.54, 1.807) is 12.1 Å². The molecule has 0 aliphatic heterocycles. The second-order valence-corrected chi connectivity index (χ2v) is 8.90. The van der Waals surface area contributed by atoms with E-state index in [1.807, 2.05) is 42.7 Å². The summed E-state index contributed by atoms with van der Waals surface area (Å²) in [5.74, 6) is 0.981. The van der Waals surface area contributed by atoms with Crippen LogP contribution in [0.2, 0.25) is 10.0 Å². The van der Waals surface area contributed by atoms with E-state index in [0.29, 0.717) is 26.8 Å². The number of benzene rings is 2. The zero-order valence-corrected chi connectivity index (χ0v) is 19.7. The van der Waals surface area contributed by atoms with Gasteiger partial charge in [0.2, 0.25) is 5.91 Å². The minimum Gasteiger partial charge on any atom is -0.310 e. The molecule has 2 aromatic heterocycles. The second kappa shape index (κ2) is 9.73. The Morgan fingerprint density at radius 1 is 1.06 bits per heavy atom. The summed E-state index contributed by atoms with van der Waals surface area (Å²) >= 11 is 13.6. The van der Waals surface area contributed by atoms with Gasteiger partial charge in [0.05, 0.1) is 21.5 Å². The Morgan fingerprint density at radius 2 is 1.88 bits per heavy atom. The van der Waals surface area contributed by atoms with E-state index >= 15 is 0 Å². The summed E-state index contributed by atoms with van der Waals surface area (Å²) in [6.07, 6.45) is 1.48. The van der Waals surface area contributed by atoms with Gasteiger partial charge in [0, 0.05) is 11.8 Å². The number of carbonyl (C=O) groups excluding carboxylic acids is 1. The average molecular weight is 484 g/mol. The Morgan fingerprint density at radius 3 is 2.62 bits per heavy atom. The number of aromatic nitrogens is 4. The van der Waals surface area contributed by atoms with Crippen molar-refractivity contribution in [3.05, 3.63) is 82.0 Å². The SMILES string of the molecule is Cc1ccc(C)c(-n2c(SCC(=O)Nc3ccc(Cl)cn3)nnc2-c2ccccc2Cl)c1. The Bertz CT molecular complexity index is 1270. The molecular weight excluding hydrogens is 465 g/mol. The van der Waals surface area contributed by atoms with Crippen molar-refractivity contribution in [2.24, 2.45) is 0 Å². The van der Waals surface area contributed by atoms with E-state index in [2.05, 4.69) is 38.7 Å². The van der Waals surface area contributed by atoms with E-state index in [1.165, 1.54) is 18.0 Å². The van der Waals surface area contributed by atoms with Crippen LogP contribution in [0.5, 0.6) is 0 Å². The first-order chi connectivity index (χ1) is 15.4. The molecule has 0 atom stereocenters. The van der Waals surface area contributed by atoms with Gasteiger partial charge in [-0.2, -0.15) is 0 Å². The molecule has 0 aliphatic rings. The van der Waals surface area contributed by atoms with Gasteiger partial charge in [-0.15, -0.1) is 10.2 Å². The summed E-state index contributed by atoms with van der Waals surface area (Å²) in [4.78, 5) is 16.6. The highest BCUT2D eigenvalue weighted by Gasteiger charge is 2.20. The maximum absolute atomic E-state index is 12.5. The minimum atomic E-state index is -0.209. The number of halogens is 2. The lowest BCUT2D eigenvalue weighted by Crippen LogP contribution is -2.15. The van der Waals surface area contributed by atoms with Crippen LogP contribution in [0.15, 0.2) is 66.0 Å². The average Bonchev–Trinajstić information content (AvgIpc) is 3.19. The molecule has 0 saturated carbocycles. The molecule has 4 rings (SSSR count). The Hall–Kier alpha value is -2.87. The molecule has 2 aromatic carbocycles. The number of hydrogen-bond acceptors (Lipinski definition) is 5. The summed E-state index contributed by atoms with van der Waals surface area (Å²) in [6, 6.07) is 17.0. The molecule has 1 N–H and O–H groups in total. The largest absolute Gasteiger partial charge is 0.310 e. The predicted octanol–water partition coefficient (Wildman–Crippen LogP) is 5.98. The molecule has 0 fully saturated rings. The van der Waals surface area contributed by atoms with Gasteiger partial charge < -0.3 is 5.32 Å². The lowest BCUT2D eigenvalue weighted by molar-refractivity contribution is -0.113. The van der Waals surface area contributed by atoms with Crippen molar-refractivity contribution in [3.63, 3.8) is 0 Å². The highest BCUT2D eigenvalue weighted by atomic mass is 35.5. The fourth-order valence-corrected chi connectivity index (χ4v) is 4.19. The van der Waals surface area contributed by atoms with Crippen LogP contribution in [-0.4, -0.2) is 31.4 Å². The molecule has 162 valence electrons. The van der Waals surface area contributed by atoms with Gasteiger partial charge in [-0.05, 0) is 55.3 Å². The van der Waals surface area contributed by atoms with Crippen molar-refractivity contribution in [2.75, 3.05) is 11.1 Å². The summed E-state index contributed by atoms with van der Waals surface area (Å²) in [6.45, 7) is 4.06. The Labute approximate surface area is 200 Å². The van der Waals surface area contributed by atoms with E-state index in [-0.39, 0.29) is 11.7 Å². The van der Waals surface area contributed by atoms with Crippen LogP contribution in [0.4, 0.5) is 5.82 Å². The molecule has 6 nitrogen and oxygen atoms in total. The minimum absolute atomic E-state index is 0.135. The van der Waals surface area contributed by atoms with Crippen LogP contribution in [0.3, 0.4) is 0 Å². The fourth-order valence-electron chi connectivity index (χ4n) is 3.12. The van der Waals surface area contributed by atoms with E-state index in [0.717, 1.165) is 22.4 Å². The van der Waals surface area contributed by atoms with E-state index < -0.39 is 0 Å². The maximum atomic E-state index is 12.5.